The summed E-state index contributed by atoms with van der Waals surface area (Å²) in [6.07, 6.45) is 0. The quantitative estimate of drug-likeness (QED) is 0.377. The van der Waals surface area contributed by atoms with E-state index in [4.69, 9.17) is 37.2 Å². The predicted octanol–water partition coefficient (Wildman–Crippen LogP) is 5.52. The smallest absolute Gasteiger partial charge is 0.376 e. The Morgan fingerprint density at radius 3 is 2.58 bits per heavy atom. The molecule has 0 radical (unpaired) electrons. The van der Waals surface area contributed by atoms with Crippen molar-refractivity contribution in [2.75, 3.05) is 19.0 Å². The van der Waals surface area contributed by atoms with E-state index in [1.807, 2.05) is 0 Å². The number of aromatic nitrogens is 3. The summed E-state index contributed by atoms with van der Waals surface area (Å²) in [5, 5.41) is 8.77. The number of nitrogens with zero attached hydrogens (tertiary/aromatic N) is 3. The van der Waals surface area contributed by atoms with Crippen LogP contribution >= 0.6 is 23.2 Å². The molecule has 10 heteroatoms. The van der Waals surface area contributed by atoms with Gasteiger partial charge in [0.1, 0.15) is 22.6 Å². The van der Waals surface area contributed by atoms with E-state index in [1.54, 1.807) is 49.4 Å². The zero-order valence-corrected chi connectivity index (χ0v) is 18.0. The third kappa shape index (κ3) is 4.26. The Bertz CT molecular complexity index is 1260. The van der Waals surface area contributed by atoms with Crippen molar-refractivity contribution >= 4 is 51.8 Å². The van der Waals surface area contributed by atoms with Gasteiger partial charge in [0.15, 0.2) is 0 Å². The zero-order valence-electron chi connectivity index (χ0n) is 16.5. The van der Waals surface area contributed by atoms with Crippen LogP contribution in [0.3, 0.4) is 0 Å². The SMILES string of the molecule is CCOC(=O)c1nc(Nc2ccc(OC)c(Cl)c2)c2c(-c3ccc(Cl)cc3)noc2n1. The van der Waals surface area contributed by atoms with Crippen LogP contribution in [0.25, 0.3) is 22.4 Å². The van der Waals surface area contributed by atoms with Crippen molar-refractivity contribution in [3.8, 4) is 17.0 Å². The van der Waals surface area contributed by atoms with E-state index in [-0.39, 0.29) is 18.1 Å². The maximum absolute atomic E-state index is 12.3. The molecule has 2 heterocycles. The molecule has 0 aliphatic heterocycles. The van der Waals surface area contributed by atoms with Gasteiger partial charge in [0.2, 0.25) is 5.82 Å². The van der Waals surface area contributed by atoms with E-state index in [1.165, 1.54) is 7.11 Å². The van der Waals surface area contributed by atoms with Crippen molar-refractivity contribution < 1.29 is 18.8 Å². The molecule has 0 aliphatic carbocycles. The molecule has 158 valence electrons. The van der Waals surface area contributed by atoms with E-state index in [2.05, 4.69) is 20.4 Å². The fourth-order valence-electron chi connectivity index (χ4n) is 2.92. The molecule has 31 heavy (non-hydrogen) atoms. The van der Waals surface area contributed by atoms with Crippen molar-refractivity contribution in [2.24, 2.45) is 0 Å². The molecule has 0 fully saturated rings. The molecule has 4 aromatic rings. The first kappa shape index (κ1) is 20.9. The van der Waals surface area contributed by atoms with Crippen LogP contribution < -0.4 is 10.1 Å². The summed E-state index contributed by atoms with van der Waals surface area (Å²) in [6.45, 7) is 1.88. The first-order valence-corrected chi connectivity index (χ1v) is 9.96. The summed E-state index contributed by atoms with van der Waals surface area (Å²) in [5.41, 5.74) is 1.98. The minimum Gasteiger partial charge on any atom is -0.495 e. The largest absolute Gasteiger partial charge is 0.495 e. The molecule has 0 atom stereocenters. The second-order valence-electron chi connectivity index (χ2n) is 6.31. The summed E-state index contributed by atoms with van der Waals surface area (Å²) in [4.78, 5) is 20.8. The molecule has 0 amide bonds. The number of fused-ring (bicyclic) bond motifs is 1. The van der Waals surface area contributed by atoms with E-state index < -0.39 is 5.97 Å². The van der Waals surface area contributed by atoms with E-state index in [9.17, 15) is 4.79 Å². The van der Waals surface area contributed by atoms with Crippen LogP contribution in [0.5, 0.6) is 5.75 Å². The van der Waals surface area contributed by atoms with Gasteiger partial charge in [0.25, 0.3) is 5.71 Å². The number of nitrogens with one attached hydrogen (secondary N) is 1. The second kappa shape index (κ2) is 8.79. The number of rotatable bonds is 6. The second-order valence-corrected chi connectivity index (χ2v) is 7.15. The number of carbonyl (C=O) groups is 1. The third-order valence-electron chi connectivity index (χ3n) is 4.33. The number of carbonyl (C=O) groups excluding carboxylic acids is 1. The Labute approximate surface area is 187 Å². The molecule has 2 aromatic carbocycles. The number of hydrogen-bond donors (Lipinski definition) is 1. The Kier molecular flexibility index (Phi) is 5.92. The van der Waals surface area contributed by atoms with Gasteiger partial charge < -0.3 is 19.3 Å². The number of benzene rings is 2. The van der Waals surface area contributed by atoms with Crippen LogP contribution in [0.1, 0.15) is 17.5 Å². The Balaban J connectivity index is 1.86. The molecule has 8 nitrogen and oxygen atoms in total. The van der Waals surface area contributed by atoms with Gasteiger partial charge in [-0.2, -0.15) is 4.98 Å². The van der Waals surface area contributed by atoms with Gasteiger partial charge in [-0.15, -0.1) is 0 Å². The lowest BCUT2D eigenvalue weighted by Gasteiger charge is -2.10. The molecule has 2 aromatic heterocycles. The normalized spacial score (nSPS) is 10.8. The minimum absolute atomic E-state index is 0.130. The van der Waals surface area contributed by atoms with Crippen LogP contribution in [0.4, 0.5) is 11.5 Å². The zero-order chi connectivity index (χ0) is 22.0. The van der Waals surface area contributed by atoms with Gasteiger partial charge in [-0.3, -0.25) is 0 Å². The Hall–Kier alpha value is -3.36. The highest BCUT2D eigenvalue weighted by atomic mass is 35.5. The van der Waals surface area contributed by atoms with E-state index >= 15 is 0 Å². The van der Waals surface area contributed by atoms with E-state index in [0.29, 0.717) is 38.4 Å². The van der Waals surface area contributed by atoms with Gasteiger partial charge >= 0.3 is 5.97 Å². The van der Waals surface area contributed by atoms with Gasteiger partial charge in [0, 0.05) is 16.3 Å². The highest BCUT2D eigenvalue weighted by Gasteiger charge is 2.22. The Morgan fingerprint density at radius 1 is 1.13 bits per heavy atom. The number of ether oxygens (including phenoxy) is 2. The highest BCUT2D eigenvalue weighted by Crippen LogP contribution is 2.35. The number of methoxy groups -OCH3 is 1. The van der Waals surface area contributed by atoms with Gasteiger partial charge in [-0.25, -0.2) is 9.78 Å². The average Bonchev–Trinajstić information content (AvgIpc) is 3.19. The van der Waals surface area contributed by atoms with Crippen molar-refractivity contribution in [3.63, 3.8) is 0 Å². The lowest BCUT2D eigenvalue weighted by Crippen LogP contribution is -2.11. The van der Waals surface area contributed by atoms with Crippen LogP contribution in [0.2, 0.25) is 10.0 Å². The fraction of sp³-hybridized carbons (Fsp3) is 0.143. The molecule has 4 rings (SSSR count). The lowest BCUT2D eigenvalue weighted by molar-refractivity contribution is 0.0512. The monoisotopic (exact) mass is 458 g/mol. The number of hydrogen-bond acceptors (Lipinski definition) is 8. The summed E-state index contributed by atoms with van der Waals surface area (Å²) < 4.78 is 15.6. The third-order valence-corrected chi connectivity index (χ3v) is 4.87. The van der Waals surface area contributed by atoms with Crippen molar-refractivity contribution in [1.29, 1.82) is 0 Å². The predicted molar refractivity (Wildman–Crippen MR) is 117 cm³/mol. The van der Waals surface area contributed by atoms with Crippen LogP contribution in [-0.4, -0.2) is 34.8 Å². The summed E-state index contributed by atoms with van der Waals surface area (Å²) in [7, 11) is 1.53. The number of esters is 1. The van der Waals surface area contributed by atoms with Crippen molar-refractivity contribution in [1.82, 2.24) is 15.1 Å². The van der Waals surface area contributed by atoms with Gasteiger partial charge in [-0.1, -0.05) is 40.5 Å². The maximum Gasteiger partial charge on any atom is 0.376 e. The molecule has 0 saturated heterocycles. The number of anilines is 2. The van der Waals surface area contributed by atoms with Crippen LogP contribution in [0, 0.1) is 0 Å². The van der Waals surface area contributed by atoms with Crippen LogP contribution in [0.15, 0.2) is 47.0 Å². The summed E-state index contributed by atoms with van der Waals surface area (Å²) in [5.74, 6) is -0.000461. The first-order valence-electron chi connectivity index (χ1n) is 9.21. The number of halogens is 2. The molecule has 0 spiro atoms. The van der Waals surface area contributed by atoms with Crippen molar-refractivity contribution in [3.05, 3.63) is 58.3 Å². The fourth-order valence-corrected chi connectivity index (χ4v) is 3.30. The van der Waals surface area contributed by atoms with Crippen molar-refractivity contribution in [2.45, 2.75) is 6.92 Å². The average molecular weight is 459 g/mol. The standard InChI is InChI=1S/C21H16Cl2N4O4/c1-3-30-21(28)19-25-18(24-13-8-9-15(29-2)14(23)10-13)16-17(27-31-20(16)26-19)11-4-6-12(22)7-5-11/h4-10H,3H2,1-2H3,(H,24,25,26). The Morgan fingerprint density at radius 2 is 1.90 bits per heavy atom. The maximum atomic E-state index is 12.3. The van der Waals surface area contributed by atoms with Gasteiger partial charge in [-0.05, 0) is 37.3 Å². The minimum atomic E-state index is -0.676. The molecule has 1 N–H and O–H groups in total. The molecule has 0 bridgehead atoms. The van der Waals surface area contributed by atoms with Gasteiger partial charge in [0.05, 0.1) is 18.7 Å². The summed E-state index contributed by atoms with van der Waals surface area (Å²) >= 11 is 12.2. The lowest BCUT2D eigenvalue weighted by atomic mass is 10.1. The summed E-state index contributed by atoms with van der Waals surface area (Å²) in [6, 6.07) is 12.2. The molecule has 0 saturated carbocycles. The molecule has 0 aliphatic rings. The highest BCUT2D eigenvalue weighted by molar-refractivity contribution is 6.32. The first-order chi connectivity index (χ1) is 15.0. The van der Waals surface area contributed by atoms with Crippen LogP contribution in [-0.2, 0) is 4.74 Å². The topological polar surface area (TPSA) is 99.4 Å². The molecular formula is C21H16Cl2N4O4. The molecule has 0 unspecified atom stereocenters. The molecular weight excluding hydrogens is 443 g/mol. The van der Waals surface area contributed by atoms with E-state index in [0.717, 1.165) is 5.56 Å².